The SMILES string of the molecule is C[C@@H](OC(=O)c1cc(S(=O)(=O)N(C)C)ccc1N1CCCC1)C(=O)NCc1ccccc1. The second-order valence-corrected chi connectivity index (χ2v) is 10.1. The van der Waals surface area contributed by atoms with Gasteiger partial charge in [0.1, 0.15) is 0 Å². The molecule has 1 atom stereocenters. The number of sulfonamides is 1. The molecule has 2 aromatic carbocycles. The van der Waals surface area contributed by atoms with Gasteiger partial charge in [0.15, 0.2) is 6.10 Å². The normalized spacial score (nSPS) is 14.9. The van der Waals surface area contributed by atoms with Crippen LogP contribution in [-0.2, 0) is 26.1 Å². The molecule has 1 N–H and O–H groups in total. The van der Waals surface area contributed by atoms with Crippen LogP contribution in [0.5, 0.6) is 0 Å². The predicted molar refractivity (Wildman–Crippen MR) is 122 cm³/mol. The van der Waals surface area contributed by atoms with Crippen molar-refractivity contribution in [1.82, 2.24) is 9.62 Å². The molecule has 2 aromatic rings. The maximum atomic E-state index is 13.0. The van der Waals surface area contributed by atoms with E-state index in [-0.39, 0.29) is 10.5 Å². The first-order valence-corrected chi connectivity index (χ1v) is 12.0. The van der Waals surface area contributed by atoms with E-state index in [1.807, 2.05) is 35.2 Å². The number of anilines is 1. The number of ether oxygens (including phenoxy) is 1. The third-order valence-electron chi connectivity index (χ3n) is 5.38. The van der Waals surface area contributed by atoms with Crippen molar-refractivity contribution >= 4 is 27.6 Å². The van der Waals surface area contributed by atoms with Crippen LogP contribution in [0.3, 0.4) is 0 Å². The van der Waals surface area contributed by atoms with E-state index in [1.165, 1.54) is 33.2 Å². The minimum absolute atomic E-state index is 0.00132. The summed E-state index contributed by atoms with van der Waals surface area (Å²) in [5.74, 6) is -1.16. The van der Waals surface area contributed by atoms with E-state index in [4.69, 9.17) is 4.74 Å². The van der Waals surface area contributed by atoms with E-state index in [9.17, 15) is 18.0 Å². The molecule has 1 fully saturated rings. The molecule has 0 aromatic heterocycles. The summed E-state index contributed by atoms with van der Waals surface area (Å²) in [5, 5.41) is 2.75. The average Bonchev–Trinajstić information content (AvgIpc) is 3.32. The van der Waals surface area contributed by atoms with Gasteiger partial charge >= 0.3 is 5.97 Å². The highest BCUT2D eigenvalue weighted by atomic mass is 32.2. The number of amides is 1. The van der Waals surface area contributed by atoms with E-state index in [0.717, 1.165) is 35.8 Å². The first-order valence-electron chi connectivity index (χ1n) is 10.5. The van der Waals surface area contributed by atoms with Crippen LogP contribution < -0.4 is 10.2 Å². The highest BCUT2D eigenvalue weighted by molar-refractivity contribution is 7.89. The maximum absolute atomic E-state index is 13.0. The third kappa shape index (κ3) is 5.46. The van der Waals surface area contributed by atoms with Crippen molar-refractivity contribution < 1.29 is 22.7 Å². The van der Waals surface area contributed by atoms with Gasteiger partial charge in [-0.2, -0.15) is 0 Å². The first-order chi connectivity index (χ1) is 15.2. The number of benzene rings is 2. The van der Waals surface area contributed by atoms with Crippen molar-refractivity contribution in [2.75, 3.05) is 32.1 Å². The summed E-state index contributed by atoms with van der Waals surface area (Å²) in [6.07, 6.45) is 0.946. The number of carbonyl (C=O) groups is 2. The van der Waals surface area contributed by atoms with Crippen molar-refractivity contribution in [3.63, 3.8) is 0 Å². The van der Waals surface area contributed by atoms with E-state index in [2.05, 4.69) is 5.32 Å². The monoisotopic (exact) mass is 459 g/mol. The number of hydrogen-bond donors (Lipinski definition) is 1. The summed E-state index contributed by atoms with van der Waals surface area (Å²) >= 11 is 0. The van der Waals surface area contributed by atoms with Crippen molar-refractivity contribution in [1.29, 1.82) is 0 Å². The second kappa shape index (κ2) is 10.1. The minimum atomic E-state index is -3.73. The standard InChI is InChI=1S/C23H29N3O5S/c1-17(22(27)24-16-18-9-5-4-6-10-18)31-23(28)20-15-19(32(29,30)25(2)3)11-12-21(20)26-13-7-8-14-26/h4-6,9-12,15,17H,7-8,13-14,16H2,1-3H3,(H,24,27)/t17-/m1/s1. The van der Waals surface area contributed by atoms with Gasteiger partial charge in [0.25, 0.3) is 5.91 Å². The fourth-order valence-electron chi connectivity index (χ4n) is 3.49. The predicted octanol–water partition coefficient (Wildman–Crippen LogP) is 2.40. The molecule has 0 radical (unpaired) electrons. The summed E-state index contributed by atoms with van der Waals surface area (Å²) < 4.78 is 31.7. The Kier molecular flexibility index (Phi) is 7.52. The summed E-state index contributed by atoms with van der Waals surface area (Å²) in [5.41, 5.74) is 1.68. The molecule has 1 aliphatic heterocycles. The molecule has 9 heteroatoms. The fourth-order valence-corrected chi connectivity index (χ4v) is 4.42. The lowest BCUT2D eigenvalue weighted by Crippen LogP contribution is -2.35. The van der Waals surface area contributed by atoms with Crippen LogP contribution in [0, 0.1) is 0 Å². The molecule has 1 amide bonds. The molecule has 1 aliphatic rings. The van der Waals surface area contributed by atoms with Crippen LogP contribution in [-0.4, -0.2) is 57.9 Å². The van der Waals surface area contributed by atoms with Crippen molar-refractivity contribution in [2.45, 2.75) is 37.3 Å². The topological polar surface area (TPSA) is 96.0 Å². The Labute approximate surface area is 189 Å². The van der Waals surface area contributed by atoms with E-state index >= 15 is 0 Å². The molecule has 0 spiro atoms. The number of nitrogens with zero attached hydrogens (tertiary/aromatic N) is 2. The van der Waals surface area contributed by atoms with Crippen LogP contribution in [0.25, 0.3) is 0 Å². The molecule has 0 saturated carbocycles. The van der Waals surface area contributed by atoms with Crippen LogP contribution >= 0.6 is 0 Å². The van der Waals surface area contributed by atoms with Gasteiger partial charge in [-0.15, -0.1) is 0 Å². The zero-order chi connectivity index (χ0) is 23.3. The highest BCUT2D eigenvalue weighted by Gasteiger charge is 2.27. The lowest BCUT2D eigenvalue weighted by Gasteiger charge is -2.23. The Morgan fingerprint density at radius 1 is 1.09 bits per heavy atom. The quantitative estimate of drug-likeness (QED) is 0.609. The largest absolute Gasteiger partial charge is 0.449 e. The van der Waals surface area contributed by atoms with Gasteiger partial charge in [-0.1, -0.05) is 30.3 Å². The smallest absolute Gasteiger partial charge is 0.341 e. The maximum Gasteiger partial charge on any atom is 0.341 e. The van der Waals surface area contributed by atoms with Gasteiger partial charge in [0.05, 0.1) is 16.1 Å². The molecule has 8 nitrogen and oxygen atoms in total. The molecule has 0 unspecified atom stereocenters. The molecule has 172 valence electrons. The molecular weight excluding hydrogens is 430 g/mol. The molecule has 1 saturated heterocycles. The van der Waals surface area contributed by atoms with Crippen molar-refractivity contribution in [3.05, 3.63) is 59.7 Å². The van der Waals surface area contributed by atoms with Gasteiger partial charge in [0, 0.05) is 33.7 Å². The highest BCUT2D eigenvalue weighted by Crippen LogP contribution is 2.29. The number of rotatable bonds is 8. The molecular formula is C23H29N3O5S. The Morgan fingerprint density at radius 3 is 2.38 bits per heavy atom. The first kappa shape index (κ1) is 23.7. The molecule has 0 bridgehead atoms. The lowest BCUT2D eigenvalue weighted by atomic mass is 10.1. The van der Waals surface area contributed by atoms with Gasteiger partial charge in [0.2, 0.25) is 10.0 Å². The molecule has 3 rings (SSSR count). The van der Waals surface area contributed by atoms with E-state index in [0.29, 0.717) is 12.2 Å². The zero-order valence-electron chi connectivity index (χ0n) is 18.6. The molecule has 32 heavy (non-hydrogen) atoms. The van der Waals surface area contributed by atoms with Gasteiger partial charge < -0.3 is 15.0 Å². The zero-order valence-corrected chi connectivity index (χ0v) is 19.4. The third-order valence-corrected chi connectivity index (χ3v) is 7.19. The van der Waals surface area contributed by atoms with Gasteiger partial charge in [-0.25, -0.2) is 17.5 Å². The number of hydrogen-bond acceptors (Lipinski definition) is 6. The van der Waals surface area contributed by atoms with Crippen molar-refractivity contribution in [3.8, 4) is 0 Å². The van der Waals surface area contributed by atoms with Crippen LogP contribution in [0.15, 0.2) is 53.4 Å². The Balaban J connectivity index is 1.79. The molecule has 1 heterocycles. The number of nitrogens with one attached hydrogen (secondary N) is 1. The van der Waals surface area contributed by atoms with Crippen LogP contribution in [0.2, 0.25) is 0 Å². The van der Waals surface area contributed by atoms with E-state index in [1.54, 1.807) is 6.07 Å². The summed E-state index contributed by atoms with van der Waals surface area (Å²) in [6.45, 7) is 3.35. The molecule has 0 aliphatic carbocycles. The van der Waals surface area contributed by atoms with Crippen LogP contribution in [0.4, 0.5) is 5.69 Å². The number of carbonyl (C=O) groups excluding carboxylic acids is 2. The Hall–Kier alpha value is -2.91. The summed E-state index contributed by atoms with van der Waals surface area (Å²) in [7, 11) is -0.867. The van der Waals surface area contributed by atoms with Crippen LogP contribution in [0.1, 0.15) is 35.7 Å². The van der Waals surface area contributed by atoms with Gasteiger partial charge in [-0.3, -0.25) is 4.79 Å². The Morgan fingerprint density at radius 2 is 1.75 bits per heavy atom. The lowest BCUT2D eigenvalue weighted by molar-refractivity contribution is -0.129. The summed E-state index contributed by atoms with van der Waals surface area (Å²) in [6, 6.07) is 13.9. The van der Waals surface area contributed by atoms with Crippen molar-refractivity contribution in [2.24, 2.45) is 0 Å². The van der Waals surface area contributed by atoms with Gasteiger partial charge in [-0.05, 0) is 43.5 Å². The second-order valence-electron chi connectivity index (χ2n) is 7.91. The Bertz CT molecular complexity index is 1060. The average molecular weight is 460 g/mol. The number of esters is 1. The minimum Gasteiger partial charge on any atom is -0.449 e. The fraction of sp³-hybridized carbons (Fsp3) is 0.391. The summed E-state index contributed by atoms with van der Waals surface area (Å²) in [4.78, 5) is 27.5. The van der Waals surface area contributed by atoms with E-state index < -0.39 is 28.0 Å².